The molecule has 1 fully saturated rings. The Hall–Kier alpha value is -2.67. The maximum Gasteiger partial charge on any atom is 0.341 e. The number of rotatable bonds is 7. The molecule has 1 N–H and O–H groups in total. The Bertz CT molecular complexity index is 890. The molecule has 3 rings (SSSR count). The molecule has 1 aliphatic carbocycles. The van der Waals surface area contributed by atoms with Crippen molar-refractivity contribution in [2.24, 2.45) is 11.8 Å². The molecule has 1 aliphatic rings. The third kappa shape index (κ3) is 4.42. The van der Waals surface area contributed by atoms with Crippen LogP contribution in [0.1, 0.15) is 35.5 Å². The zero-order valence-electron chi connectivity index (χ0n) is 16.1. The number of anilines is 1. The van der Waals surface area contributed by atoms with E-state index in [2.05, 4.69) is 5.32 Å². The van der Waals surface area contributed by atoms with E-state index in [1.54, 1.807) is 6.92 Å². The highest BCUT2D eigenvalue weighted by atomic mass is 32.1. The molecule has 1 saturated carbocycles. The average Bonchev–Trinajstić information content (AvgIpc) is 3.31. The summed E-state index contributed by atoms with van der Waals surface area (Å²) in [6.45, 7) is 5.45. The van der Waals surface area contributed by atoms with Crippen LogP contribution in [0, 0.1) is 18.8 Å². The van der Waals surface area contributed by atoms with Crippen molar-refractivity contribution in [1.82, 2.24) is 0 Å². The highest BCUT2D eigenvalue weighted by Crippen LogP contribution is 2.40. The van der Waals surface area contributed by atoms with Gasteiger partial charge in [-0.2, -0.15) is 0 Å². The van der Waals surface area contributed by atoms with Crippen molar-refractivity contribution in [2.45, 2.75) is 27.2 Å². The third-order valence-corrected chi connectivity index (χ3v) is 5.66. The van der Waals surface area contributed by atoms with Gasteiger partial charge in [-0.3, -0.25) is 9.59 Å². The minimum Gasteiger partial charge on any atom is -0.462 e. The van der Waals surface area contributed by atoms with Crippen molar-refractivity contribution in [2.75, 3.05) is 18.5 Å². The number of aryl methyl sites for hydroxylation is 1. The zero-order chi connectivity index (χ0) is 20.3. The Morgan fingerprint density at radius 1 is 1.18 bits per heavy atom. The quantitative estimate of drug-likeness (QED) is 0.708. The molecule has 28 heavy (non-hydrogen) atoms. The van der Waals surface area contributed by atoms with E-state index in [4.69, 9.17) is 9.47 Å². The zero-order valence-corrected chi connectivity index (χ0v) is 16.9. The Balaban J connectivity index is 1.81. The molecule has 1 aromatic carbocycles. The third-order valence-electron chi connectivity index (χ3n) is 4.64. The molecule has 1 heterocycles. The van der Waals surface area contributed by atoms with Crippen molar-refractivity contribution in [3.8, 4) is 11.1 Å². The highest BCUT2D eigenvalue weighted by Gasteiger charge is 2.40. The Morgan fingerprint density at radius 3 is 2.46 bits per heavy atom. The van der Waals surface area contributed by atoms with E-state index in [1.165, 1.54) is 11.3 Å². The van der Waals surface area contributed by atoms with Crippen LogP contribution in [0.4, 0.5) is 5.00 Å². The van der Waals surface area contributed by atoms with Crippen LogP contribution >= 0.6 is 11.3 Å². The second-order valence-corrected chi connectivity index (χ2v) is 8.02. The fourth-order valence-corrected chi connectivity index (χ4v) is 4.12. The molecule has 7 heteroatoms. The van der Waals surface area contributed by atoms with Gasteiger partial charge in [0.1, 0.15) is 10.6 Å². The van der Waals surface area contributed by atoms with E-state index in [-0.39, 0.29) is 25.1 Å². The number of hydrogen-bond acceptors (Lipinski definition) is 6. The molecule has 148 valence electrons. The topological polar surface area (TPSA) is 81.7 Å². The van der Waals surface area contributed by atoms with Gasteiger partial charge < -0.3 is 14.8 Å². The number of carbonyl (C=O) groups excluding carboxylic acids is 3. The van der Waals surface area contributed by atoms with Gasteiger partial charge in [0, 0.05) is 10.4 Å². The summed E-state index contributed by atoms with van der Waals surface area (Å²) in [6.07, 6.45) is 0.804. The SMILES string of the molecule is CCOC(=O)c1c(NC(=O)COC(=O)C2CC2C)sc(C)c1-c1ccccc1. The summed E-state index contributed by atoms with van der Waals surface area (Å²) in [5.74, 6) is -1.10. The molecule has 2 atom stereocenters. The first kappa shape index (κ1) is 20.1. The molecule has 1 amide bonds. The van der Waals surface area contributed by atoms with Gasteiger partial charge in [0.25, 0.3) is 5.91 Å². The number of hydrogen-bond donors (Lipinski definition) is 1. The molecule has 1 aromatic heterocycles. The molecule has 0 bridgehead atoms. The summed E-state index contributed by atoms with van der Waals surface area (Å²) in [5, 5.41) is 3.11. The molecule has 0 radical (unpaired) electrons. The normalized spacial score (nSPS) is 17.7. The molecular formula is C21H23NO5S. The predicted octanol–water partition coefficient (Wildman–Crippen LogP) is 4.04. The molecule has 2 unspecified atom stereocenters. The van der Waals surface area contributed by atoms with Gasteiger partial charge in [-0.15, -0.1) is 11.3 Å². The van der Waals surface area contributed by atoms with Gasteiger partial charge >= 0.3 is 11.9 Å². The lowest BCUT2D eigenvalue weighted by Crippen LogP contribution is -2.22. The van der Waals surface area contributed by atoms with Crippen molar-refractivity contribution < 1.29 is 23.9 Å². The van der Waals surface area contributed by atoms with E-state index in [9.17, 15) is 14.4 Å². The lowest BCUT2D eigenvalue weighted by Gasteiger charge is -2.09. The van der Waals surface area contributed by atoms with Crippen LogP contribution in [-0.2, 0) is 19.1 Å². The van der Waals surface area contributed by atoms with Crippen LogP contribution in [0.5, 0.6) is 0 Å². The van der Waals surface area contributed by atoms with Crippen molar-refractivity contribution in [3.63, 3.8) is 0 Å². The Labute approximate surface area is 167 Å². The van der Waals surface area contributed by atoms with Crippen LogP contribution < -0.4 is 5.32 Å². The number of esters is 2. The number of amides is 1. The van der Waals surface area contributed by atoms with Crippen LogP contribution in [0.25, 0.3) is 11.1 Å². The van der Waals surface area contributed by atoms with E-state index >= 15 is 0 Å². The largest absolute Gasteiger partial charge is 0.462 e. The second kappa shape index (κ2) is 8.56. The first-order valence-electron chi connectivity index (χ1n) is 9.24. The fraction of sp³-hybridized carbons (Fsp3) is 0.381. The molecule has 0 aliphatic heterocycles. The predicted molar refractivity (Wildman–Crippen MR) is 107 cm³/mol. The van der Waals surface area contributed by atoms with Crippen molar-refractivity contribution in [3.05, 3.63) is 40.8 Å². The van der Waals surface area contributed by atoms with Crippen molar-refractivity contribution in [1.29, 1.82) is 0 Å². The second-order valence-electron chi connectivity index (χ2n) is 6.80. The van der Waals surface area contributed by atoms with Gasteiger partial charge in [-0.05, 0) is 31.7 Å². The number of nitrogens with one attached hydrogen (secondary N) is 1. The molecule has 0 spiro atoms. The lowest BCUT2D eigenvalue weighted by atomic mass is 10.0. The van der Waals surface area contributed by atoms with Gasteiger partial charge in [0.15, 0.2) is 6.61 Å². The molecule has 0 saturated heterocycles. The van der Waals surface area contributed by atoms with Crippen LogP contribution in [0.3, 0.4) is 0 Å². The van der Waals surface area contributed by atoms with Gasteiger partial charge in [0.2, 0.25) is 0 Å². The van der Waals surface area contributed by atoms with Crippen LogP contribution in [0.15, 0.2) is 30.3 Å². The summed E-state index contributed by atoms with van der Waals surface area (Å²) < 4.78 is 10.3. The number of ether oxygens (including phenoxy) is 2. The summed E-state index contributed by atoms with van der Waals surface area (Å²) >= 11 is 1.30. The molecule has 2 aromatic rings. The summed E-state index contributed by atoms with van der Waals surface area (Å²) in [7, 11) is 0. The van der Waals surface area contributed by atoms with E-state index < -0.39 is 11.9 Å². The van der Waals surface area contributed by atoms with E-state index in [0.29, 0.717) is 16.5 Å². The van der Waals surface area contributed by atoms with Crippen LogP contribution in [-0.4, -0.2) is 31.1 Å². The number of benzene rings is 1. The first-order chi connectivity index (χ1) is 13.4. The first-order valence-corrected chi connectivity index (χ1v) is 10.1. The minimum absolute atomic E-state index is 0.100. The number of thiophene rings is 1. The summed E-state index contributed by atoms with van der Waals surface area (Å²) in [6, 6.07) is 9.48. The van der Waals surface area contributed by atoms with Gasteiger partial charge in [-0.1, -0.05) is 37.3 Å². The maximum atomic E-state index is 12.6. The monoisotopic (exact) mass is 401 g/mol. The lowest BCUT2D eigenvalue weighted by molar-refractivity contribution is -0.148. The molecular weight excluding hydrogens is 378 g/mol. The fourth-order valence-electron chi connectivity index (χ4n) is 3.04. The van der Waals surface area contributed by atoms with Crippen molar-refractivity contribution >= 4 is 34.2 Å². The summed E-state index contributed by atoms with van der Waals surface area (Å²) in [4.78, 5) is 37.6. The Morgan fingerprint density at radius 2 is 1.86 bits per heavy atom. The summed E-state index contributed by atoms with van der Waals surface area (Å²) in [5.41, 5.74) is 1.93. The van der Waals surface area contributed by atoms with Crippen LogP contribution in [0.2, 0.25) is 0 Å². The minimum atomic E-state index is -0.496. The van der Waals surface area contributed by atoms with Gasteiger partial charge in [-0.25, -0.2) is 4.79 Å². The standard InChI is InChI=1S/C21H23NO5S/c1-4-26-21(25)18-17(14-8-6-5-7-9-14)13(3)28-19(18)22-16(23)11-27-20(24)15-10-12(15)2/h5-9,12,15H,4,10-11H2,1-3H3,(H,22,23). The smallest absolute Gasteiger partial charge is 0.341 e. The van der Waals surface area contributed by atoms with E-state index in [1.807, 2.05) is 44.2 Å². The maximum absolute atomic E-state index is 12.6. The molecule has 6 nitrogen and oxygen atoms in total. The Kier molecular flexibility index (Phi) is 6.14. The average molecular weight is 401 g/mol. The van der Waals surface area contributed by atoms with Gasteiger partial charge in [0.05, 0.1) is 12.5 Å². The number of carbonyl (C=O) groups is 3. The van der Waals surface area contributed by atoms with E-state index in [0.717, 1.165) is 22.4 Å². The highest BCUT2D eigenvalue weighted by molar-refractivity contribution is 7.17.